The maximum Gasteiger partial charge on any atom is 0.442 e. The van der Waals surface area contributed by atoms with Crippen molar-refractivity contribution in [3.05, 3.63) is 56.8 Å². The Morgan fingerprint density at radius 2 is 2.03 bits per heavy atom. The van der Waals surface area contributed by atoms with Crippen molar-refractivity contribution in [2.45, 2.75) is 37.6 Å². The van der Waals surface area contributed by atoms with Crippen molar-refractivity contribution >= 4 is 40.0 Å². The fraction of sp³-hybridized carbons (Fsp3) is 0.333. The Balaban J connectivity index is 1.51. The number of ether oxygens (including phenoxy) is 1. The number of para-hydroxylation sites is 1. The summed E-state index contributed by atoms with van der Waals surface area (Å²) >= 11 is 2.50. The van der Waals surface area contributed by atoms with Gasteiger partial charge in [0.25, 0.3) is 0 Å². The number of thiophene rings is 1. The number of hydrogen-bond acceptors (Lipinski definition) is 7. The van der Waals surface area contributed by atoms with Crippen molar-refractivity contribution in [2.24, 2.45) is 0 Å². The molecule has 0 unspecified atom stereocenters. The molecular weight excluding hydrogens is 438 g/mol. The number of fused-ring (bicyclic) bond motifs is 1. The number of thioether (sulfide) groups is 1. The van der Waals surface area contributed by atoms with E-state index in [0.29, 0.717) is 16.3 Å². The lowest BCUT2D eigenvalue weighted by Gasteiger charge is -2.12. The molecule has 1 aromatic carbocycles. The molecule has 8 nitrogen and oxygen atoms in total. The van der Waals surface area contributed by atoms with Gasteiger partial charge in [0.05, 0.1) is 17.9 Å². The standard InChI is InChI=1S/C21H21N3O5S2/c1-2-28-20(26)17-14-10-6-7-11-15(14)31-18(17)22-16(25)12-30-19-21(27)29-23-24(19)13-8-4-3-5-9-13/h3-5,8-9H,2,6-7,10-12H2,1H3,(H-,22,23,25,26,27)/p+1. The van der Waals surface area contributed by atoms with Crippen LogP contribution in [0, 0.1) is 0 Å². The summed E-state index contributed by atoms with van der Waals surface area (Å²) in [5.41, 5.74) is 1.62. The van der Waals surface area contributed by atoms with E-state index in [0.717, 1.165) is 47.9 Å². The zero-order chi connectivity index (χ0) is 21.8. The van der Waals surface area contributed by atoms with Crippen molar-refractivity contribution in [1.82, 2.24) is 5.27 Å². The highest BCUT2D eigenvalue weighted by molar-refractivity contribution is 7.99. The summed E-state index contributed by atoms with van der Waals surface area (Å²) in [6, 6.07) is 9.17. The SMILES string of the molecule is CCOC(=O)c1c(NC(=O)CSc2c(=O)o[nH][n+]2-c2ccccc2)sc2c1CCCC2. The van der Waals surface area contributed by atoms with Crippen LogP contribution < -0.4 is 15.6 Å². The van der Waals surface area contributed by atoms with E-state index in [2.05, 4.69) is 10.6 Å². The molecule has 0 radical (unpaired) electrons. The lowest BCUT2D eigenvalue weighted by atomic mass is 9.95. The molecule has 0 atom stereocenters. The van der Waals surface area contributed by atoms with E-state index in [1.807, 2.05) is 30.3 Å². The van der Waals surface area contributed by atoms with Gasteiger partial charge in [0, 0.05) is 17.0 Å². The van der Waals surface area contributed by atoms with Crippen LogP contribution in [-0.2, 0) is 22.4 Å². The number of H-pyrrole nitrogens is 1. The predicted octanol–water partition coefficient (Wildman–Crippen LogP) is 3.09. The van der Waals surface area contributed by atoms with Crippen LogP contribution >= 0.6 is 23.1 Å². The van der Waals surface area contributed by atoms with Gasteiger partial charge in [-0.3, -0.25) is 9.32 Å². The number of carbonyl (C=O) groups is 2. The molecule has 0 spiro atoms. The Kier molecular flexibility index (Phi) is 6.57. The van der Waals surface area contributed by atoms with Gasteiger partial charge in [-0.2, -0.15) is 0 Å². The summed E-state index contributed by atoms with van der Waals surface area (Å²) in [6.45, 7) is 2.03. The van der Waals surface area contributed by atoms with Gasteiger partial charge in [-0.1, -0.05) is 18.2 Å². The molecule has 2 heterocycles. The van der Waals surface area contributed by atoms with Gasteiger partial charge in [-0.15, -0.1) is 11.3 Å². The van der Waals surface area contributed by atoms with Crippen LogP contribution in [0.4, 0.5) is 5.00 Å². The Hall–Kier alpha value is -2.85. The van der Waals surface area contributed by atoms with E-state index in [1.165, 1.54) is 16.0 Å². The summed E-state index contributed by atoms with van der Waals surface area (Å²) < 4.78 is 11.6. The maximum atomic E-state index is 12.7. The molecule has 2 aromatic heterocycles. The second-order valence-electron chi connectivity index (χ2n) is 6.93. The zero-order valence-corrected chi connectivity index (χ0v) is 18.6. The van der Waals surface area contributed by atoms with E-state index < -0.39 is 11.6 Å². The number of nitrogens with one attached hydrogen (secondary N) is 2. The van der Waals surface area contributed by atoms with Crippen LogP contribution in [-0.4, -0.2) is 29.5 Å². The van der Waals surface area contributed by atoms with Crippen molar-refractivity contribution in [2.75, 3.05) is 17.7 Å². The molecule has 2 N–H and O–H groups in total. The monoisotopic (exact) mass is 460 g/mol. The Morgan fingerprint density at radius 1 is 1.26 bits per heavy atom. The minimum atomic E-state index is -0.555. The second-order valence-corrected chi connectivity index (χ2v) is 9.00. The summed E-state index contributed by atoms with van der Waals surface area (Å²) in [5.74, 6) is -0.729. The molecule has 0 bridgehead atoms. The van der Waals surface area contributed by atoms with Gasteiger partial charge in [-0.05, 0) is 59.9 Å². The average molecular weight is 461 g/mol. The van der Waals surface area contributed by atoms with Gasteiger partial charge in [-0.25, -0.2) is 9.59 Å². The number of amides is 1. The van der Waals surface area contributed by atoms with Crippen LogP contribution in [0.2, 0.25) is 0 Å². The predicted molar refractivity (Wildman–Crippen MR) is 117 cm³/mol. The van der Waals surface area contributed by atoms with E-state index in [-0.39, 0.29) is 23.3 Å². The first-order valence-electron chi connectivity index (χ1n) is 10.0. The highest BCUT2D eigenvalue weighted by Gasteiger charge is 2.28. The first-order valence-corrected chi connectivity index (χ1v) is 11.8. The minimum absolute atomic E-state index is 0.0136. The van der Waals surface area contributed by atoms with Gasteiger partial charge in [0.2, 0.25) is 11.6 Å². The third-order valence-corrected chi connectivity index (χ3v) is 7.10. The summed E-state index contributed by atoms with van der Waals surface area (Å²) in [6.07, 6.45) is 3.80. The largest absolute Gasteiger partial charge is 0.462 e. The minimum Gasteiger partial charge on any atom is -0.462 e. The summed E-state index contributed by atoms with van der Waals surface area (Å²) in [4.78, 5) is 38.5. The van der Waals surface area contributed by atoms with Gasteiger partial charge in [0.1, 0.15) is 5.00 Å². The molecule has 1 aliphatic rings. The fourth-order valence-electron chi connectivity index (χ4n) is 3.50. The van der Waals surface area contributed by atoms with Crippen molar-refractivity contribution in [3.63, 3.8) is 0 Å². The van der Waals surface area contributed by atoms with Gasteiger partial charge >= 0.3 is 16.6 Å². The van der Waals surface area contributed by atoms with Crippen molar-refractivity contribution < 1.29 is 23.5 Å². The average Bonchev–Trinajstić information content (AvgIpc) is 3.32. The molecule has 0 fully saturated rings. The molecule has 10 heteroatoms. The number of anilines is 1. The highest BCUT2D eigenvalue weighted by atomic mass is 32.2. The van der Waals surface area contributed by atoms with E-state index in [9.17, 15) is 14.4 Å². The molecule has 1 amide bonds. The first kappa shape index (κ1) is 21.4. The summed E-state index contributed by atoms with van der Waals surface area (Å²) in [5, 5.41) is 6.19. The number of nitrogens with zero attached hydrogens (tertiary/aromatic N) is 1. The van der Waals surface area contributed by atoms with E-state index in [4.69, 9.17) is 9.26 Å². The molecule has 162 valence electrons. The van der Waals surface area contributed by atoms with Crippen LogP contribution in [0.5, 0.6) is 0 Å². The molecule has 1 aliphatic carbocycles. The number of aromatic amines is 1. The van der Waals surface area contributed by atoms with Crippen LogP contribution in [0.15, 0.2) is 44.7 Å². The Morgan fingerprint density at radius 3 is 2.81 bits per heavy atom. The lowest BCUT2D eigenvalue weighted by molar-refractivity contribution is -0.704. The van der Waals surface area contributed by atoms with E-state index in [1.54, 1.807) is 6.92 Å². The molecule has 4 rings (SSSR count). The van der Waals surface area contributed by atoms with Gasteiger partial charge in [0.15, 0.2) is 0 Å². The Labute approximate surface area is 186 Å². The van der Waals surface area contributed by atoms with Crippen molar-refractivity contribution in [3.8, 4) is 5.69 Å². The third kappa shape index (κ3) is 4.59. The molecule has 0 saturated carbocycles. The summed E-state index contributed by atoms with van der Waals surface area (Å²) in [7, 11) is 0. The van der Waals surface area contributed by atoms with Crippen molar-refractivity contribution in [1.29, 1.82) is 0 Å². The third-order valence-electron chi connectivity index (χ3n) is 4.87. The van der Waals surface area contributed by atoms with Crippen LogP contribution in [0.25, 0.3) is 5.69 Å². The maximum absolute atomic E-state index is 12.7. The zero-order valence-electron chi connectivity index (χ0n) is 16.9. The lowest BCUT2D eigenvalue weighted by Crippen LogP contribution is -2.36. The molecule has 0 saturated heterocycles. The molecule has 31 heavy (non-hydrogen) atoms. The molecular formula is C21H22N3O5S2+. The topological polar surface area (TPSA) is 105 Å². The second kappa shape index (κ2) is 9.52. The van der Waals surface area contributed by atoms with E-state index >= 15 is 0 Å². The van der Waals surface area contributed by atoms with Crippen LogP contribution in [0.3, 0.4) is 0 Å². The fourth-order valence-corrected chi connectivity index (χ4v) is 5.57. The number of rotatable bonds is 7. The number of benzene rings is 1. The first-order chi connectivity index (χ1) is 15.1. The Bertz CT molecular complexity index is 1150. The molecule has 0 aliphatic heterocycles. The number of aromatic nitrogens is 2. The number of hydrogen-bond donors (Lipinski definition) is 2. The number of esters is 1. The quantitative estimate of drug-likeness (QED) is 0.319. The van der Waals surface area contributed by atoms with Crippen LogP contribution in [0.1, 0.15) is 40.6 Å². The molecule has 3 aromatic rings. The highest BCUT2D eigenvalue weighted by Crippen LogP contribution is 2.38. The number of carbonyl (C=O) groups excluding carboxylic acids is 2. The number of aryl methyl sites for hydroxylation is 1. The smallest absolute Gasteiger partial charge is 0.442 e. The normalized spacial score (nSPS) is 12.9. The van der Waals surface area contributed by atoms with Gasteiger partial charge < -0.3 is 10.1 Å².